The van der Waals surface area contributed by atoms with Crippen molar-refractivity contribution in [2.45, 2.75) is 32.4 Å². The van der Waals surface area contributed by atoms with Gasteiger partial charge >= 0.3 is 0 Å². The lowest BCUT2D eigenvalue weighted by atomic mass is 10.1. The smallest absolute Gasteiger partial charge is 0.148 e. The van der Waals surface area contributed by atoms with Crippen LogP contribution in [0.5, 0.6) is 0 Å². The first kappa shape index (κ1) is 16.8. The molecule has 0 radical (unpaired) electrons. The number of nitrogens with one attached hydrogen (secondary N) is 1. The lowest BCUT2D eigenvalue weighted by molar-refractivity contribution is 0.484. The predicted molar refractivity (Wildman–Crippen MR) is 81.9 cm³/mol. The minimum atomic E-state index is -2.96. The molecule has 0 saturated heterocycles. The van der Waals surface area contributed by atoms with Crippen LogP contribution in [0.3, 0.4) is 0 Å². The van der Waals surface area contributed by atoms with Crippen LogP contribution >= 0.6 is 23.2 Å². The second-order valence-corrected chi connectivity index (χ2v) is 8.03. The van der Waals surface area contributed by atoms with E-state index in [-0.39, 0.29) is 17.8 Å². The van der Waals surface area contributed by atoms with Gasteiger partial charge in [-0.1, -0.05) is 29.3 Å². The summed E-state index contributed by atoms with van der Waals surface area (Å²) in [7, 11) is -2.96. The van der Waals surface area contributed by atoms with Crippen molar-refractivity contribution in [3.63, 3.8) is 0 Å². The maximum Gasteiger partial charge on any atom is 0.148 e. The van der Waals surface area contributed by atoms with Gasteiger partial charge in [-0.15, -0.1) is 0 Å². The molecule has 0 aromatic heterocycles. The first-order valence-corrected chi connectivity index (χ1v) is 8.86. The summed E-state index contributed by atoms with van der Waals surface area (Å²) >= 11 is 12.0. The monoisotopic (exact) mass is 323 g/mol. The molecule has 0 amide bonds. The topological polar surface area (TPSA) is 46.2 Å². The molecule has 0 aliphatic carbocycles. The lowest BCUT2D eigenvalue weighted by Crippen LogP contribution is -2.39. The molecule has 1 rings (SSSR count). The van der Waals surface area contributed by atoms with Gasteiger partial charge in [-0.3, -0.25) is 0 Å². The average Bonchev–Trinajstić information content (AvgIpc) is 2.19. The van der Waals surface area contributed by atoms with E-state index in [9.17, 15) is 8.42 Å². The quantitative estimate of drug-likeness (QED) is 0.875. The second kappa shape index (κ2) is 6.93. The zero-order valence-corrected chi connectivity index (χ0v) is 13.6. The van der Waals surface area contributed by atoms with E-state index in [1.165, 1.54) is 6.26 Å². The van der Waals surface area contributed by atoms with Crippen molar-refractivity contribution in [2.24, 2.45) is 0 Å². The third-order valence-corrected chi connectivity index (χ3v) is 4.36. The van der Waals surface area contributed by atoms with E-state index in [0.717, 1.165) is 12.0 Å². The molecule has 2 atom stereocenters. The molecule has 0 heterocycles. The fourth-order valence-corrected chi connectivity index (χ4v) is 3.55. The fourth-order valence-electron chi connectivity index (χ4n) is 2.06. The van der Waals surface area contributed by atoms with E-state index in [4.69, 9.17) is 23.2 Å². The normalized spacial score (nSPS) is 15.2. The van der Waals surface area contributed by atoms with Crippen molar-refractivity contribution in [1.29, 1.82) is 0 Å². The Morgan fingerprint density at radius 1 is 1.21 bits per heavy atom. The number of rotatable bonds is 6. The Labute approximate surface area is 125 Å². The first-order chi connectivity index (χ1) is 8.67. The van der Waals surface area contributed by atoms with Crippen LogP contribution in [0, 0.1) is 0 Å². The third-order valence-electron chi connectivity index (χ3n) is 2.66. The fraction of sp³-hybridized carbons (Fsp3) is 0.538. The van der Waals surface area contributed by atoms with Crippen LogP contribution in [0.15, 0.2) is 18.2 Å². The van der Waals surface area contributed by atoms with Crippen LogP contribution in [-0.2, 0) is 16.3 Å². The Morgan fingerprint density at radius 2 is 1.84 bits per heavy atom. The summed E-state index contributed by atoms with van der Waals surface area (Å²) in [6, 6.07) is 5.46. The van der Waals surface area contributed by atoms with Crippen LogP contribution in [0.25, 0.3) is 0 Å². The van der Waals surface area contributed by atoms with Gasteiger partial charge in [0.2, 0.25) is 0 Å². The Bertz CT molecular complexity index is 531. The molecule has 1 N–H and O–H groups in total. The van der Waals surface area contributed by atoms with E-state index >= 15 is 0 Å². The largest absolute Gasteiger partial charge is 0.310 e. The highest BCUT2D eigenvalue weighted by Crippen LogP contribution is 2.22. The molecule has 0 aliphatic rings. The van der Waals surface area contributed by atoms with Gasteiger partial charge in [0.05, 0.1) is 5.75 Å². The van der Waals surface area contributed by atoms with Crippen molar-refractivity contribution in [2.75, 3.05) is 12.0 Å². The summed E-state index contributed by atoms with van der Waals surface area (Å²) in [6.07, 6.45) is 1.97. The molecule has 1 aromatic rings. The Kier molecular flexibility index (Phi) is 6.12. The summed E-state index contributed by atoms with van der Waals surface area (Å²) in [5, 5.41) is 4.50. The molecule has 6 heteroatoms. The summed E-state index contributed by atoms with van der Waals surface area (Å²) in [6.45, 7) is 3.87. The molecule has 108 valence electrons. The number of hydrogen-bond acceptors (Lipinski definition) is 3. The number of hydrogen-bond donors (Lipinski definition) is 1. The molecule has 0 bridgehead atoms. The molecule has 0 spiro atoms. The highest BCUT2D eigenvalue weighted by Gasteiger charge is 2.14. The zero-order chi connectivity index (χ0) is 14.6. The molecule has 0 unspecified atom stereocenters. The first-order valence-electron chi connectivity index (χ1n) is 6.05. The van der Waals surface area contributed by atoms with Gasteiger partial charge in [0.1, 0.15) is 9.84 Å². The summed E-state index contributed by atoms with van der Waals surface area (Å²) in [5.74, 6) is 0.131. The van der Waals surface area contributed by atoms with Gasteiger partial charge in [-0.05, 0) is 38.0 Å². The van der Waals surface area contributed by atoms with Crippen molar-refractivity contribution in [1.82, 2.24) is 5.32 Å². The average molecular weight is 324 g/mol. The number of sulfone groups is 1. The zero-order valence-electron chi connectivity index (χ0n) is 11.3. The number of benzene rings is 1. The van der Waals surface area contributed by atoms with Gasteiger partial charge in [0.15, 0.2) is 0 Å². The maximum absolute atomic E-state index is 11.2. The van der Waals surface area contributed by atoms with Gasteiger partial charge in [-0.2, -0.15) is 0 Å². The minimum absolute atomic E-state index is 0.0870. The van der Waals surface area contributed by atoms with Crippen molar-refractivity contribution < 1.29 is 8.42 Å². The molecule has 0 saturated carbocycles. The maximum atomic E-state index is 11.2. The van der Waals surface area contributed by atoms with Crippen LogP contribution in [0.2, 0.25) is 10.0 Å². The van der Waals surface area contributed by atoms with E-state index in [1.807, 2.05) is 19.9 Å². The molecule has 1 aromatic carbocycles. The van der Waals surface area contributed by atoms with Crippen molar-refractivity contribution in [3.8, 4) is 0 Å². The molecular weight excluding hydrogens is 305 g/mol. The second-order valence-electron chi connectivity index (χ2n) is 5.00. The lowest BCUT2D eigenvalue weighted by Gasteiger charge is -2.20. The molecule has 3 nitrogen and oxygen atoms in total. The van der Waals surface area contributed by atoms with Crippen molar-refractivity contribution >= 4 is 33.0 Å². The van der Waals surface area contributed by atoms with Crippen LogP contribution in [0.4, 0.5) is 0 Å². The SMILES string of the molecule is C[C@@H](Cc1ccc(Cl)cc1Cl)N[C@@H](C)CS(C)(=O)=O. The van der Waals surface area contributed by atoms with E-state index in [2.05, 4.69) is 5.32 Å². The molecule has 0 aliphatic heterocycles. The summed E-state index contributed by atoms with van der Waals surface area (Å²) < 4.78 is 22.4. The van der Waals surface area contributed by atoms with Crippen LogP contribution < -0.4 is 5.32 Å². The highest BCUT2D eigenvalue weighted by molar-refractivity contribution is 7.90. The molecule has 19 heavy (non-hydrogen) atoms. The molecular formula is C13H19Cl2NO2S. The van der Waals surface area contributed by atoms with E-state index in [0.29, 0.717) is 10.0 Å². The summed E-state index contributed by atoms with van der Waals surface area (Å²) in [4.78, 5) is 0. The molecule has 0 fully saturated rings. The van der Waals surface area contributed by atoms with Gasteiger partial charge in [0, 0.05) is 28.4 Å². The number of halogens is 2. The highest BCUT2D eigenvalue weighted by atomic mass is 35.5. The van der Waals surface area contributed by atoms with Gasteiger partial charge in [-0.25, -0.2) is 8.42 Å². The Morgan fingerprint density at radius 3 is 2.37 bits per heavy atom. The Balaban J connectivity index is 2.57. The Hall–Kier alpha value is -0.290. The van der Waals surface area contributed by atoms with Gasteiger partial charge in [0.25, 0.3) is 0 Å². The predicted octanol–water partition coefficient (Wildman–Crippen LogP) is 2.95. The summed E-state index contributed by atoms with van der Waals surface area (Å²) in [5.41, 5.74) is 0.998. The van der Waals surface area contributed by atoms with E-state index in [1.54, 1.807) is 12.1 Å². The minimum Gasteiger partial charge on any atom is -0.310 e. The standard InChI is InChI=1S/C13H19Cl2NO2S/c1-9(16-10(2)8-19(3,17)18)6-11-4-5-12(14)7-13(11)15/h4-5,7,9-10,16H,6,8H2,1-3H3/t9-,10-/m0/s1. The van der Waals surface area contributed by atoms with Gasteiger partial charge < -0.3 is 5.32 Å². The van der Waals surface area contributed by atoms with Crippen LogP contribution in [0.1, 0.15) is 19.4 Å². The van der Waals surface area contributed by atoms with E-state index < -0.39 is 9.84 Å². The third kappa shape index (κ3) is 6.61. The van der Waals surface area contributed by atoms with Crippen LogP contribution in [-0.4, -0.2) is 32.5 Å². The van der Waals surface area contributed by atoms with Crippen molar-refractivity contribution in [3.05, 3.63) is 33.8 Å².